The topological polar surface area (TPSA) is 50.2 Å². The zero-order valence-corrected chi connectivity index (χ0v) is 8.52. The highest BCUT2D eigenvalue weighted by Gasteiger charge is 2.11. The fourth-order valence-corrected chi connectivity index (χ4v) is 1.74. The normalized spacial score (nSPS) is 10.0. The van der Waals surface area contributed by atoms with Gasteiger partial charge in [0.25, 0.3) is 0 Å². The number of carboxylic acid groups (broad SMARTS) is 1. The summed E-state index contributed by atoms with van der Waals surface area (Å²) in [7, 11) is 0. The number of hydrogen-bond acceptors (Lipinski definition) is 3. The summed E-state index contributed by atoms with van der Waals surface area (Å²) < 4.78 is 0. The second kappa shape index (κ2) is 4.48. The number of nitrogens with zero attached hydrogens (tertiary/aromatic N) is 1. The molecule has 1 N–H and O–H groups in total. The van der Waals surface area contributed by atoms with Gasteiger partial charge in [0, 0.05) is 4.90 Å². The third-order valence-electron chi connectivity index (χ3n) is 1.33. The molecule has 0 saturated carbocycles. The van der Waals surface area contributed by atoms with Crippen LogP contribution in [-0.4, -0.2) is 21.8 Å². The highest BCUT2D eigenvalue weighted by atomic mass is 35.5. The van der Waals surface area contributed by atoms with E-state index in [2.05, 4.69) is 4.98 Å². The van der Waals surface area contributed by atoms with Gasteiger partial charge in [-0.3, -0.25) is 0 Å². The molecule has 0 unspecified atom stereocenters. The van der Waals surface area contributed by atoms with Crippen LogP contribution in [0, 0.1) is 0 Å². The maximum Gasteiger partial charge on any atom is 0.355 e. The lowest BCUT2D eigenvalue weighted by molar-refractivity contribution is 0.0686. The van der Waals surface area contributed by atoms with Gasteiger partial charge in [-0.1, -0.05) is 18.5 Å². The standard InChI is InChI=1S/C8H8ClNO2S/c1-2-13-5-3-4-6(9)10-7(5)8(11)12/h3-4H,2H2,1H3,(H,11,12). The molecule has 0 aromatic carbocycles. The molecule has 1 aromatic heterocycles. The summed E-state index contributed by atoms with van der Waals surface area (Å²) in [5, 5.41) is 8.99. The minimum absolute atomic E-state index is 0.0272. The Morgan fingerprint density at radius 3 is 2.92 bits per heavy atom. The second-order valence-corrected chi connectivity index (χ2v) is 3.91. The second-order valence-electron chi connectivity index (χ2n) is 2.22. The Kier molecular flexibility index (Phi) is 3.57. The Labute approximate surface area is 85.1 Å². The molecule has 0 aliphatic rings. The third kappa shape index (κ3) is 2.60. The number of thioether (sulfide) groups is 1. The van der Waals surface area contributed by atoms with E-state index in [1.165, 1.54) is 11.8 Å². The van der Waals surface area contributed by atoms with Crippen molar-refractivity contribution in [2.45, 2.75) is 11.8 Å². The fourth-order valence-electron chi connectivity index (χ4n) is 0.848. The van der Waals surface area contributed by atoms with Crippen molar-refractivity contribution >= 4 is 29.3 Å². The zero-order chi connectivity index (χ0) is 9.84. The molecule has 13 heavy (non-hydrogen) atoms. The van der Waals surface area contributed by atoms with E-state index in [0.717, 1.165) is 5.75 Å². The van der Waals surface area contributed by atoms with Crippen LogP contribution in [0.4, 0.5) is 0 Å². The number of carboxylic acids is 1. The quantitative estimate of drug-likeness (QED) is 0.625. The molecule has 70 valence electrons. The summed E-state index contributed by atoms with van der Waals surface area (Å²) in [6, 6.07) is 3.26. The minimum atomic E-state index is -1.04. The van der Waals surface area contributed by atoms with Crippen molar-refractivity contribution < 1.29 is 9.90 Å². The lowest BCUT2D eigenvalue weighted by Crippen LogP contribution is -2.02. The Morgan fingerprint density at radius 1 is 1.69 bits per heavy atom. The van der Waals surface area contributed by atoms with Crippen LogP contribution < -0.4 is 0 Å². The number of aromatic carboxylic acids is 1. The molecule has 0 fully saturated rings. The first-order valence-corrected chi connectivity index (χ1v) is 5.04. The van der Waals surface area contributed by atoms with Gasteiger partial charge in [-0.25, -0.2) is 9.78 Å². The monoisotopic (exact) mass is 217 g/mol. The summed E-state index contributed by atoms with van der Waals surface area (Å²) in [5.74, 6) is -0.234. The summed E-state index contributed by atoms with van der Waals surface area (Å²) in [5.41, 5.74) is 0.0272. The Hall–Kier alpha value is -0.740. The van der Waals surface area contributed by atoms with Gasteiger partial charge in [0.15, 0.2) is 5.69 Å². The molecule has 0 bridgehead atoms. The van der Waals surface area contributed by atoms with Gasteiger partial charge in [0.05, 0.1) is 0 Å². The molecule has 0 aliphatic heterocycles. The van der Waals surface area contributed by atoms with Gasteiger partial charge in [0.1, 0.15) is 5.15 Å². The molecule has 0 spiro atoms. The Morgan fingerprint density at radius 2 is 2.38 bits per heavy atom. The van der Waals surface area contributed by atoms with Crippen LogP contribution in [0.2, 0.25) is 5.15 Å². The number of rotatable bonds is 3. The lowest BCUT2D eigenvalue weighted by atomic mass is 10.3. The van der Waals surface area contributed by atoms with E-state index < -0.39 is 5.97 Å². The molecule has 1 heterocycles. The van der Waals surface area contributed by atoms with Crippen molar-refractivity contribution in [3.63, 3.8) is 0 Å². The largest absolute Gasteiger partial charge is 0.476 e. The predicted molar refractivity (Wildman–Crippen MR) is 52.6 cm³/mol. The van der Waals surface area contributed by atoms with Crippen LogP contribution in [0.3, 0.4) is 0 Å². The summed E-state index contributed by atoms with van der Waals surface area (Å²) >= 11 is 7.01. The Bertz CT molecular complexity index is 330. The smallest absolute Gasteiger partial charge is 0.355 e. The summed E-state index contributed by atoms with van der Waals surface area (Å²) in [6.07, 6.45) is 0. The van der Waals surface area contributed by atoms with Crippen molar-refractivity contribution in [1.82, 2.24) is 4.98 Å². The van der Waals surface area contributed by atoms with Gasteiger partial charge in [0.2, 0.25) is 0 Å². The van der Waals surface area contributed by atoms with Gasteiger partial charge < -0.3 is 5.11 Å². The van der Waals surface area contributed by atoms with E-state index in [9.17, 15) is 4.79 Å². The highest BCUT2D eigenvalue weighted by Crippen LogP contribution is 2.22. The van der Waals surface area contributed by atoms with E-state index >= 15 is 0 Å². The maximum atomic E-state index is 10.7. The van der Waals surface area contributed by atoms with E-state index in [4.69, 9.17) is 16.7 Å². The van der Waals surface area contributed by atoms with Crippen molar-refractivity contribution in [1.29, 1.82) is 0 Å². The average Bonchev–Trinajstić information content (AvgIpc) is 2.08. The summed E-state index contributed by atoms with van der Waals surface area (Å²) in [6.45, 7) is 1.95. The van der Waals surface area contributed by atoms with Crippen LogP contribution in [0.5, 0.6) is 0 Å². The SMILES string of the molecule is CCSc1ccc(Cl)nc1C(=O)O. The average molecular weight is 218 g/mol. The molecule has 3 nitrogen and oxygen atoms in total. The van der Waals surface area contributed by atoms with Crippen LogP contribution in [0.15, 0.2) is 17.0 Å². The van der Waals surface area contributed by atoms with E-state index in [1.54, 1.807) is 12.1 Å². The molecule has 0 aliphatic carbocycles. The maximum absolute atomic E-state index is 10.7. The first-order chi connectivity index (χ1) is 6.15. The Balaban J connectivity index is 3.10. The zero-order valence-electron chi connectivity index (χ0n) is 6.95. The van der Waals surface area contributed by atoms with Gasteiger partial charge in [-0.15, -0.1) is 11.8 Å². The van der Waals surface area contributed by atoms with Crippen molar-refractivity contribution in [2.24, 2.45) is 0 Å². The van der Waals surface area contributed by atoms with E-state index in [1.807, 2.05) is 6.92 Å². The molecular weight excluding hydrogens is 210 g/mol. The highest BCUT2D eigenvalue weighted by molar-refractivity contribution is 7.99. The van der Waals surface area contributed by atoms with E-state index in [0.29, 0.717) is 4.90 Å². The van der Waals surface area contributed by atoms with Crippen LogP contribution in [0.1, 0.15) is 17.4 Å². The molecule has 1 rings (SSSR count). The molecule has 0 radical (unpaired) electrons. The fraction of sp³-hybridized carbons (Fsp3) is 0.250. The first kappa shape index (κ1) is 10.3. The molecule has 1 aromatic rings. The number of carbonyl (C=O) groups is 1. The van der Waals surface area contributed by atoms with Crippen LogP contribution in [-0.2, 0) is 0 Å². The molecular formula is C8H8ClNO2S. The number of pyridine rings is 1. The number of aromatic nitrogens is 1. The van der Waals surface area contributed by atoms with Crippen molar-refractivity contribution in [3.05, 3.63) is 23.0 Å². The molecule has 0 atom stereocenters. The number of halogens is 1. The minimum Gasteiger partial charge on any atom is -0.476 e. The van der Waals surface area contributed by atoms with Crippen molar-refractivity contribution in [3.8, 4) is 0 Å². The lowest BCUT2D eigenvalue weighted by Gasteiger charge is -2.02. The van der Waals surface area contributed by atoms with Crippen LogP contribution >= 0.6 is 23.4 Å². The van der Waals surface area contributed by atoms with Crippen molar-refractivity contribution in [2.75, 3.05) is 5.75 Å². The predicted octanol–water partition coefficient (Wildman–Crippen LogP) is 2.55. The van der Waals surface area contributed by atoms with Gasteiger partial charge >= 0.3 is 5.97 Å². The van der Waals surface area contributed by atoms with E-state index in [-0.39, 0.29) is 10.8 Å². The van der Waals surface area contributed by atoms with Crippen LogP contribution in [0.25, 0.3) is 0 Å². The first-order valence-electron chi connectivity index (χ1n) is 3.67. The number of hydrogen-bond donors (Lipinski definition) is 1. The molecule has 0 amide bonds. The van der Waals surface area contributed by atoms with Gasteiger partial charge in [-0.2, -0.15) is 0 Å². The molecule has 0 saturated heterocycles. The summed E-state index contributed by atoms with van der Waals surface area (Å²) in [4.78, 5) is 15.1. The third-order valence-corrected chi connectivity index (χ3v) is 2.47. The molecule has 5 heteroatoms. The van der Waals surface area contributed by atoms with Gasteiger partial charge in [-0.05, 0) is 17.9 Å².